The third-order valence-corrected chi connectivity index (χ3v) is 3.00. The van der Waals surface area contributed by atoms with Gasteiger partial charge < -0.3 is 20.1 Å². The molecule has 0 heterocycles. The number of hydrogen-bond acceptors (Lipinski definition) is 4. The van der Waals surface area contributed by atoms with Crippen molar-refractivity contribution in [1.82, 2.24) is 5.32 Å². The van der Waals surface area contributed by atoms with Crippen LogP contribution in [-0.2, 0) is 9.53 Å². The van der Waals surface area contributed by atoms with Crippen molar-refractivity contribution in [2.75, 3.05) is 18.5 Å². The molecule has 1 aromatic rings. The molecule has 1 unspecified atom stereocenters. The summed E-state index contributed by atoms with van der Waals surface area (Å²) in [6, 6.07) is 4.70. The highest BCUT2D eigenvalue weighted by Crippen LogP contribution is 2.21. The second kappa shape index (κ2) is 9.14. The maximum atomic E-state index is 12.3. The summed E-state index contributed by atoms with van der Waals surface area (Å²) < 4.78 is 45.9. The monoisotopic (exact) mass is 362 g/mol. The highest BCUT2D eigenvalue weighted by atomic mass is 19.4. The first-order chi connectivity index (χ1) is 11.6. The first-order valence-electron chi connectivity index (χ1n) is 7.66. The van der Waals surface area contributed by atoms with E-state index in [2.05, 4.69) is 15.4 Å². The van der Waals surface area contributed by atoms with Gasteiger partial charge >= 0.3 is 12.3 Å². The largest absolute Gasteiger partial charge is 0.484 e. The summed E-state index contributed by atoms with van der Waals surface area (Å²) >= 11 is 0. The summed E-state index contributed by atoms with van der Waals surface area (Å²) in [4.78, 5) is 23.8. The molecule has 0 aliphatic heterocycles. The first kappa shape index (κ1) is 20.6. The molecular weight excluding hydrogens is 341 g/mol. The molecule has 9 heteroatoms. The molecule has 25 heavy (non-hydrogen) atoms. The summed E-state index contributed by atoms with van der Waals surface area (Å²) in [6.45, 7) is 3.84. The summed E-state index contributed by atoms with van der Waals surface area (Å²) in [6.07, 6.45) is -5.18. The molecule has 0 saturated carbocycles. The van der Waals surface area contributed by atoms with Crippen molar-refractivity contribution in [3.8, 4) is 5.75 Å². The number of carbonyl (C=O) groups excluding carboxylic acids is 2. The van der Waals surface area contributed by atoms with Gasteiger partial charge in [0.15, 0.2) is 6.61 Å². The van der Waals surface area contributed by atoms with Gasteiger partial charge in [0.05, 0.1) is 6.61 Å². The lowest BCUT2D eigenvalue weighted by atomic mass is 10.0. The molecule has 1 aromatic carbocycles. The number of ether oxygens (including phenoxy) is 2. The number of halogens is 3. The highest BCUT2D eigenvalue weighted by molar-refractivity contribution is 5.96. The van der Waals surface area contributed by atoms with E-state index in [0.29, 0.717) is 0 Å². The minimum atomic E-state index is -4.45. The zero-order chi connectivity index (χ0) is 19.0. The predicted octanol–water partition coefficient (Wildman–Crippen LogP) is 3.34. The van der Waals surface area contributed by atoms with E-state index in [1.807, 2.05) is 0 Å². The zero-order valence-electron chi connectivity index (χ0n) is 14.1. The van der Waals surface area contributed by atoms with Crippen molar-refractivity contribution in [2.45, 2.75) is 33.0 Å². The van der Waals surface area contributed by atoms with Crippen LogP contribution >= 0.6 is 0 Å². The molecule has 0 radical (unpaired) electrons. The van der Waals surface area contributed by atoms with Crippen molar-refractivity contribution < 1.29 is 32.2 Å². The van der Waals surface area contributed by atoms with Crippen LogP contribution in [0.1, 0.15) is 20.8 Å². The van der Waals surface area contributed by atoms with E-state index in [0.717, 1.165) is 0 Å². The molecule has 1 rings (SSSR count). The van der Waals surface area contributed by atoms with Crippen LogP contribution in [0.5, 0.6) is 5.75 Å². The van der Waals surface area contributed by atoms with Crippen molar-refractivity contribution in [1.29, 1.82) is 0 Å². The maximum absolute atomic E-state index is 12.3. The molecule has 2 amide bonds. The number of carbonyl (C=O) groups is 2. The van der Waals surface area contributed by atoms with Crippen molar-refractivity contribution in [3.05, 3.63) is 24.3 Å². The Morgan fingerprint density at radius 3 is 2.48 bits per heavy atom. The lowest BCUT2D eigenvalue weighted by Crippen LogP contribution is -2.47. The Bertz CT molecular complexity index is 591. The Kier molecular flexibility index (Phi) is 7.53. The van der Waals surface area contributed by atoms with Crippen LogP contribution in [0.2, 0.25) is 0 Å². The topological polar surface area (TPSA) is 76.7 Å². The Labute approximate surface area is 143 Å². The number of alkyl halides is 3. The minimum Gasteiger partial charge on any atom is -0.484 e. The summed E-state index contributed by atoms with van der Waals surface area (Å²) in [5.74, 6) is -0.778. The van der Waals surface area contributed by atoms with Crippen molar-refractivity contribution in [2.24, 2.45) is 5.92 Å². The first-order valence-corrected chi connectivity index (χ1v) is 7.66. The van der Waals surface area contributed by atoms with Gasteiger partial charge in [-0.15, -0.1) is 0 Å². The van der Waals surface area contributed by atoms with E-state index in [9.17, 15) is 22.8 Å². The molecular formula is C16H21F3N2O4. The fourth-order valence-electron chi connectivity index (χ4n) is 1.88. The molecule has 6 nitrogen and oxygen atoms in total. The second-order valence-electron chi connectivity index (χ2n) is 5.51. The van der Waals surface area contributed by atoms with Crippen LogP contribution in [-0.4, -0.2) is 37.4 Å². The Balaban J connectivity index is 2.75. The molecule has 0 saturated heterocycles. The van der Waals surface area contributed by atoms with Gasteiger partial charge in [0.2, 0.25) is 5.91 Å². The third-order valence-electron chi connectivity index (χ3n) is 3.00. The van der Waals surface area contributed by atoms with Gasteiger partial charge in [-0.2, -0.15) is 13.2 Å². The van der Waals surface area contributed by atoms with Crippen molar-refractivity contribution in [3.63, 3.8) is 0 Å². The summed E-state index contributed by atoms with van der Waals surface area (Å²) in [5, 5.41) is 4.98. The average molecular weight is 362 g/mol. The SMILES string of the molecule is CCOC(=O)NC(C(=O)Nc1cccc(OCC(F)(F)F)c1)C(C)C. The van der Waals surface area contributed by atoms with Crippen LogP contribution in [0.15, 0.2) is 24.3 Å². The van der Waals surface area contributed by atoms with Crippen molar-refractivity contribution >= 4 is 17.7 Å². The molecule has 0 bridgehead atoms. The third kappa shape index (κ3) is 7.77. The number of alkyl carbamates (subject to hydrolysis) is 1. The van der Waals surface area contributed by atoms with Gasteiger partial charge in [-0.05, 0) is 25.0 Å². The molecule has 1 atom stereocenters. The molecule has 0 spiro atoms. The number of hydrogen-bond donors (Lipinski definition) is 2. The number of benzene rings is 1. The van der Waals surface area contributed by atoms with Crippen LogP contribution in [0, 0.1) is 5.92 Å². The smallest absolute Gasteiger partial charge is 0.422 e. The van der Waals surface area contributed by atoms with Gasteiger partial charge in [0, 0.05) is 11.8 Å². The summed E-state index contributed by atoms with van der Waals surface area (Å²) in [5.41, 5.74) is 0.251. The van der Waals surface area contributed by atoms with Gasteiger partial charge in [0.25, 0.3) is 0 Å². The molecule has 0 aliphatic rings. The number of amides is 2. The standard InChI is InChI=1S/C16H21F3N2O4/c1-4-24-15(23)21-13(10(2)3)14(22)20-11-6-5-7-12(8-11)25-9-16(17,18)19/h5-8,10,13H,4,9H2,1-3H3,(H,20,22)(H,21,23). The second-order valence-corrected chi connectivity index (χ2v) is 5.51. The average Bonchev–Trinajstić information content (AvgIpc) is 2.50. The molecule has 0 aliphatic carbocycles. The van der Waals surface area contributed by atoms with E-state index in [-0.39, 0.29) is 24.0 Å². The number of rotatable bonds is 7. The van der Waals surface area contributed by atoms with Gasteiger partial charge in [0.1, 0.15) is 11.8 Å². The maximum Gasteiger partial charge on any atom is 0.422 e. The van der Waals surface area contributed by atoms with E-state index in [1.165, 1.54) is 24.3 Å². The van der Waals surface area contributed by atoms with E-state index < -0.39 is 30.8 Å². The zero-order valence-corrected chi connectivity index (χ0v) is 14.1. The van der Waals surface area contributed by atoms with Gasteiger partial charge in [-0.1, -0.05) is 19.9 Å². The molecule has 0 aromatic heterocycles. The Morgan fingerprint density at radius 2 is 1.92 bits per heavy atom. The van der Waals surface area contributed by atoms with Crippen LogP contribution in [0.25, 0.3) is 0 Å². The van der Waals surface area contributed by atoms with Crippen LogP contribution in [0.3, 0.4) is 0 Å². The van der Waals surface area contributed by atoms with Gasteiger partial charge in [-0.3, -0.25) is 4.79 Å². The minimum absolute atomic E-state index is 0.0328. The summed E-state index contributed by atoms with van der Waals surface area (Å²) in [7, 11) is 0. The van der Waals surface area contributed by atoms with Crippen LogP contribution < -0.4 is 15.4 Å². The van der Waals surface area contributed by atoms with Gasteiger partial charge in [-0.25, -0.2) is 4.79 Å². The fourth-order valence-corrected chi connectivity index (χ4v) is 1.88. The molecule has 2 N–H and O–H groups in total. The molecule has 0 fully saturated rings. The Morgan fingerprint density at radius 1 is 1.24 bits per heavy atom. The fraction of sp³-hybridized carbons (Fsp3) is 0.500. The lowest BCUT2D eigenvalue weighted by molar-refractivity contribution is -0.153. The number of anilines is 1. The highest BCUT2D eigenvalue weighted by Gasteiger charge is 2.28. The van der Waals surface area contributed by atoms with E-state index in [4.69, 9.17) is 4.74 Å². The normalized spacial score (nSPS) is 12.4. The number of nitrogens with one attached hydrogen (secondary N) is 2. The molecule has 140 valence electrons. The van der Waals surface area contributed by atoms with E-state index in [1.54, 1.807) is 20.8 Å². The van der Waals surface area contributed by atoms with E-state index >= 15 is 0 Å². The Hall–Kier alpha value is -2.45. The lowest BCUT2D eigenvalue weighted by Gasteiger charge is -2.21. The predicted molar refractivity (Wildman–Crippen MR) is 85.4 cm³/mol. The van der Waals surface area contributed by atoms with Crippen LogP contribution in [0.4, 0.5) is 23.7 Å². The quantitative estimate of drug-likeness (QED) is 0.780.